The third kappa shape index (κ3) is 3.22. The molecule has 0 aromatic rings. The molecule has 0 aliphatic heterocycles. The SMILES string of the molecule is [C-]#[N+]CC1(C(C)C)CCC(NCCC)CC1. The highest BCUT2D eigenvalue weighted by Crippen LogP contribution is 2.42. The Labute approximate surface area is 101 Å². The molecule has 2 nitrogen and oxygen atoms in total. The summed E-state index contributed by atoms with van der Waals surface area (Å²) in [5.74, 6) is 0.647. The Kier molecular flexibility index (Phi) is 5.28. The van der Waals surface area contributed by atoms with E-state index in [1.807, 2.05) is 0 Å². The number of nitrogens with one attached hydrogen (secondary N) is 1. The summed E-state index contributed by atoms with van der Waals surface area (Å²) >= 11 is 0. The fraction of sp³-hybridized carbons (Fsp3) is 0.929. The molecule has 1 fully saturated rings. The zero-order valence-corrected chi connectivity index (χ0v) is 11.1. The molecule has 16 heavy (non-hydrogen) atoms. The average Bonchev–Trinajstić information content (AvgIpc) is 2.28. The van der Waals surface area contributed by atoms with E-state index in [-0.39, 0.29) is 0 Å². The Balaban J connectivity index is 2.47. The normalized spacial score (nSPS) is 30.3. The first-order chi connectivity index (χ1) is 7.64. The van der Waals surface area contributed by atoms with Crippen molar-refractivity contribution in [2.75, 3.05) is 13.1 Å². The topological polar surface area (TPSA) is 16.4 Å². The zero-order valence-electron chi connectivity index (χ0n) is 11.1. The molecule has 0 atom stereocenters. The van der Waals surface area contributed by atoms with E-state index in [2.05, 4.69) is 30.9 Å². The summed E-state index contributed by atoms with van der Waals surface area (Å²) in [7, 11) is 0. The Morgan fingerprint density at radius 2 is 2.00 bits per heavy atom. The highest BCUT2D eigenvalue weighted by molar-refractivity contribution is 4.94. The maximum Gasteiger partial charge on any atom is 0.220 e. The first kappa shape index (κ1) is 13.5. The molecular weight excluding hydrogens is 196 g/mol. The fourth-order valence-electron chi connectivity index (χ4n) is 2.82. The highest BCUT2D eigenvalue weighted by atomic mass is 14.9. The quantitative estimate of drug-likeness (QED) is 0.704. The van der Waals surface area contributed by atoms with Crippen molar-refractivity contribution in [3.63, 3.8) is 0 Å². The van der Waals surface area contributed by atoms with E-state index in [9.17, 15) is 0 Å². The molecular formula is C14H26N2. The molecule has 0 radical (unpaired) electrons. The van der Waals surface area contributed by atoms with Crippen LogP contribution in [-0.2, 0) is 0 Å². The van der Waals surface area contributed by atoms with Crippen LogP contribution in [0.25, 0.3) is 4.85 Å². The second kappa shape index (κ2) is 6.25. The van der Waals surface area contributed by atoms with E-state index in [1.165, 1.54) is 32.1 Å². The van der Waals surface area contributed by atoms with Crippen molar-refractivity contribution >= 4 is 0 Å². The molecule has 0 spiro atoms. The van der Waals surface area contributed by atoms with Gasteiger partial charge in [0.05, 0.1) is 0 Å². The van der Waals surface area contributed by atoms with Gasteiger partial charge in [-0.15, -0.1) is 0 Å². The van der Waals surface area contributed by atoms with Gasteiger partial charge in [0.1, 0.15) is 0 Å². The van der Waals surface area contributed by atoms with E-state index in [0.29, 0.717) is 17.4 Å². The highest BCUT2D eigenvalue weighted by Gasteiger charge is 2.40. The Morgan fingerprint density at radius 1 is 1.38 bits per heavy atom. The van der Waals surface area contributed by atoms with Gasteiger partial charge in [0.15, 0.2) is 0 Å². The molecule has 0 aromatic heterocycles. The van der Waals surface area contributed by atoms with Gasteiger partial charge in [-0.1, -0.05) is 20.8 Å². The van der Waals surface area contributed by atoms with Crippen molar-refractivity contribution in [2.45, 2.75) is 58.9 Å². The molecule has 0 bridgehead atoms. The van der Waals surface area contributed by atoms with Crippen molar-refractivity contribution in [1.29, 1.82) is 0 Å². The van der Waals surface area contributed by atoms with Crippen LogP contribution < -0.4 is 5.32 Å². The molecule has 1 saturated carbocycles. The number of nitrogens with zero attached hydrogens (tertiary/aromatic N) is 1. The number of rotatable bonds is 5. The first-order valence-corrected chi connectivity index (χ1v) is 6.71. The molecule has 2 heteroatoms. The average molecular weight is 222 g/mol. The first-order valence-electron chi connectivity index (χ1n) is 6.71. The number of hydrogen-bond donors (Lipinski definition) is 1. The molecule has 1 N–H and O–H groups in total. The summed E-state index contributed by atoms with van der Waals surface area (Å²) in [6.07, 6.45) is 6.19. The predicted molar refractivity (Wildman–Crippen MR) is 69.3 cm³/mol. The van der Waals surface area contributed by atoms with E-state index in [0.717, 1.165) is 13.1 Å². The molecule has 0 amide bonds. The molecule has 0 saturated heterocycles. The summed E-state index contributed by atoms with van der Waals surface area (Å²) < 4.78 is 0. The monoisotopic (exact) mass is 222 g/mol. The van der Waals surface area contributed by atoms with Crippen LogP contribution in [0.2, 0.25) is 0 Å². The Bertz CT molecular complexity index is 232. The van der Waals surface area contributed by atoms with Gasteiger partial charge < -0.3 is 10.2 Å². The summed E-state index contributed by atoms with van der Waals surface area (Å²) in [5.41, 5.74) is 0.312. The molecule has 1 aliphatic carbocycles. The number of hydrogen-bond acceptors (Lipinski definition) is 1. The van der Waals surface area contributed by atoms with Gasteiger partial charge >= 0.3 is 0 Å². The lowest BCUT2D eigenvalue weighted by Gasteiger charge is -2.39. The van der Waals surface area contributed by atoms with Crippen LogP contribution in [0, 0.1) is 17.9 Å². The minimum Gasteiger partial charge on any atom is -0.316 e. The maximum absolute atomic E-state index is 7.13. The van der Waals surface area contributed by atoms with Crippen LogP contribution in [0.1, 0.15) is 52.9 Å². The van der Waals surface area contributed by atoms with Gasteiger partial charge in [0, 0.05) is 11.5 Å². The van der Waals surface area contributed by atoms with Crippen molar-refractivity contribution < 1.29 is 0 Å². The summed E-state index contributed by atoms with van der Waals surface area (Å²) in [4.78, 5) is 3.67. The Morgan fingerprint density at radius 3 is 2.44 bits per heavy atom. The van der Waals surface area contributed by atoms with Crippen LogP contribution in [-0.4, -0.2) is 19.1 Å². The van der Waals surface area contributed by atoms with Gasteiger partial charge in [0.2, 0.25) is 6.54 Å². The van der Waals surface area contributed by atoms with Crippen molar-refractivity contribution in [3.8, 4) is 0 Å². The smallest absolute Gasteiger partial charge is 0.220 e. The largest absolute Gasteiger partial charge is 0.316 e. The lowest BCUT2D eigenvalue weighted by molar-refractivity contribution is 0.119. The van der Waals surface area contributed by atoms with E-state index >= 15 is 0 Å². The van der Waals surface area contributed by atoms with E-state index < -0.39 is 0 Å². The third-order valence-corrected chi connectivity index (χ3v) is 4.28. The minimum atomic E-state index is 0.312. The Hall–Kier alpha value is -0.550. The van der Waals surface area contributed by atoms with Crippen molar-refractivity contribution in [1.82, 2.24) is 5.32 Å². The summed E-state index contributed by atoms with van der Waals surface area (Å²) in [6, 6.07) is 0.706. The fourth-order valence-corrected chi connectivity index (χ4v) is 2.82. The van der Waals surface area contributed by atoms with Gasteiger partial charge in [-0.05, 0) is 44.6 Å². The van der Waals surface area contributed by atoms with Gasteiger partial charge in [-0.25, -0.2) is 6.57 Å². The zero-order chi connectivity index (χ0) is 12.0. The lowest BCUT2D eigenvalue weighted by atomic mass is 9.66. The summed E-state index contributed by atoms with van der Waals surface area (Å²) in [6.45, 7) is 15.8. The molecule has 0 heterocycles. The van der Waals surface area contributed by atoms with Crippen LogP contribution in [0.15, 0.2) is 0 Å². The third-order valence-electron chi connectivity index (χ3n) is 4.28. The van der Waals surface area contributed by atoms with E-state index in [1.54, 1.807) is 0 Å². The molecule has 1 rings (SSSR count). The van der Waals surface area contributed by atoms with Gasteiger partial charge in [-0.2, -0.15) is 0 Å². The second-order valence-electron chi connectivity index (χ2n) is 5.56. The molecule has 92 valence electrons. The van der Waals surface area contributed by atoms with Gasteiger partial charge in [0.25, 0.3) is 0 Å². The van der Waals surface area contributed by atoms with E-state index in [4.69, 9.17) is 6.57 Å². The summed E-state index contributed by atoms with van der Waals surface area (Å²) in [5, 5.41) is 3.61. The maximum atomic E-state index is 7.13. The standard InChI is InChI=1S/C14H26N2/c1-5-10-16-13-6-8-14(9-7-13,11-15-4)12(2)3/h12-13,16H,5-11H2,1-3H3. The predicted octanol–water partition coefficient (Wildman–Crippen LogP) is 3.49. The van der Waals surface area contributed by atoms with Crippen LogP contribution in [0.3, 0.4) is 0 Å². The lowest BCUT2D eigenvalue weighted by Crippen LogP contribution is -2.41. The minimum absolute atomic E-state index is 0.312. The molecule has 0 aromatic carbocycles. The van der Waals surface area contributed by atoms with Gasteiger partial charge in [-0.3, -0.25) is 0 Å². The second-order valence-corrected chi connectivity index (χ2v) is 5.56. The van der Waals surface area contributed by atoms with Crippen LogP contribution in [0.4, 0.5) is 0 Å². The molecule has 0 unspecified atom stereocenters. The van der Waals surface area contributed by atoms with Crippen molar-refractivity contribution in [2.24, 2.45) is 11.3 Å². The van der Waals surface area contributed by atoms with Crippen molar-refractivity contribution in [3.05, 3.63) is 11.4 Å². The van der Waals surface area contributed by atoms with Crippen LogP contribution in [0.5, 0.6) is 0 Å². The van der Waals surface area contributed by atoms with Crippen LogP contribution >= 0.6 is 0 Å². The molecule has 1 aliphatic rings.